The van der Waals surface area contributed by atoms with Gasteiger partial charge in [-0.05, 0) is 37.7 Å². The van der Waals surface area contributed by atoms with Crippen molar-refractivity contribution in [3.8, 4) is 0 Å². The number of carbonyl (C=O) groups is 1. The van der Waals surface area contributed by atoms with Gasteiger partial charge >= 0.3 is 0 Å². The number of fused-ring (bicyclic) bond motifs is 1. The number of aryl methyl sites for hydroxylation is 1. The monoisotopic (exact) mass is 284 g/mol. The highest BCUT2D eigenvalue weighted by Crippen LogP contribution is 2.35. The van der Waals surface area contributed by atoms with Gasteiger partial charge in [0.1, 0.15) is 5.69 Å². The zero-order valence-electron chi connectivity index (χ0n) is 11.1. The van der Waals surface area contributed by atoms with Crippen LogP contribution in [-0.4, -0.2) is 40.1 Å². The van der Waals surface area contributed by atoms with Crippen molar-refractivity contribution in [2.45, 2.75) is 32.2 Å². The Morgan fingerprint density at radius 2 is 2.26 bits per heavy atom. The molecule has 6 heteroatoms. The number of likely N-dealkylation sites (tertiary alicyclic amines) is 1. The largest absolute Gasteiger partial charge is 0.337 e. The molecule has 106 valence electrons. The minimum atomic E-state index is 0. The lowest BCUT2D eigenvalue weighted by Crippen LogP contribution is -2.38. The SMILES string of the molecule is Cc1cc(C(=O)N2CC3CCCC(N)C3C2)n[nH]1.Cl. The van der Waals surface area contributed by atoms with Crippen molar-refractivity contribution in [1.82, 2.24) is 15.1 Å². The van der Waals surface area contributed by atoms with Crippen molar-refractivity contribution in [3.63, 3.8) is 0 Å². The number of H-pyrrole nitrogens is 1. The van der Waals surface area contributed by atoms with Gasteiger partial charge in [0.25, 0.3) is 5.91 Å². The molecule has 3 unspecified atom stereocenters. The summed E-state index contributed by atoms with van der Waals surface area (Å²) in [4.78, 5) is 14.2. The van der Waals surface area contributed by atoms with E-state index in [-0.39, 0.29) is 24.4 Å². The Balaban J connectivity index is 0.00000133. The van der Waals surface area contributed by atoms with Crippen LogP contribution in [-0.2, 0) is 0 Å². The summed E-state index contributed by atoms with van der Waals surface area (Å²) >= 11 is 0. The maximum absolute atomic E-state index is 12.3. The number of hydrogen-bond donors (Lipinski definition) is 2. The first kappa shape index (κ1) is 14.3. The summed E-state index contributed by atoms with van der Waals surface area (Å²) in [6, 6.07) is 2.08. The molecule has 1 aromatic heterocycles. The highest BCUT2D eigenvalue weighted by Gasteiger charge is 2.40. The number of nitrogens with one attached hydrogen (secondary N) is 1. The Labute approximate surface area is 119 Å². The van der Waals surface area contributed by atoms with Crippen LogP contribution in [0.25, 0.3) is 0 Å². The van der Waals surface area contributed by atoms with Crippen LogP contribution in [0.3, 0.4) is 0 Å². The summed E-state index contributed by atoms with van der Waals surface area (Å²) in [6.07, 6.45) is 3.51. The molecule has 1 aliphatic heterocycles. The molecule has 19 heavy (non-hydrogen) atoms. The van der Waals surface area contributed by atoms with Gasteiger partial charge < -0.3 is 10.6 Å². The molecule has 2 heterocycles. The van der Waals surface area contributed by atoms with Crippen LogP contribution >= 0.6 is 12.4 Å². The normalized spacial score (nSPS) is 29.8. The predicted octanol–water partition coefficient (Wildman–Crippen LogP) is 1.34. The fourth-order valence-corrected chi connectivity index (χ4v) is 3.37. The van der Waals surface area contributed by atoms with Gasteiger partial charge in [-0.2, -0.15) is 5.10 Å². The second-order valence-electron chi connectivity index (χ2n) is 5.67. The van der Waals surface area contributed by atoms with Crippen molar-refractivity contribution >= 4 is 18.3 Å². The molecule has 0 spiro atoms. The van der Waals surface area contributed by atoms with E-state index in [9.17, 15) is 4.79 Å². The third-order valence-electron chi connectivity index (χ3n) is 4.37. The van der Waals surface area contributed by atoms with Crippen LogP contribution in [0, 0.1) is 18.8 Å². The van der Waals surface area contributed by atoms with Crippen molar-refractivity contribution in [2.24, 2.45) is 17.6 Å². The molecule has 0 radical (unpaired) electrons. The Morgan fingerprint density at radius 1 is 1.47 bits per heavy atom. The summed E-state index contributed by atoms with van der Waals surface area (Å²) in [5.41, 5.74) is 7.62. The quantitative estimate of drug-likeness (QED) is 0.817. The molecular weight excluding hydrogens is 264 g/mol. The zero-order valence-corrected chi connectivity index (χ0v) is 11.9. The summed E-state index contributed by atoms with van der Waals surface area (Å²) in [7, 11) is 0. The van der Waals surface area contributed by atoms with E-state index < -0.39 is 0 Å². The Morgan fingerprint density at radius 3 is 2.89 bits per heavy atom. The topological polar surface area (TPSA) is 75.0 Å². The molecule has 1 saturated carbocycles. The molecule has 3 N–H and O–H groups in total. The predicted molar refractivity (Wildman–Crippen MR) is 75.3 cm³/mol. The summed E-state index contributed by atoms with van der Waals surface area (Å²) in [5.74, 6) is 1.13. The van der Waals surface area contributed by atoms with Crippen molar-refractivity contribution in [3.05, 3.63) is 17.5 Å². The van der Waals surface area contributed by atoms with Gasteiger partial charge in [-0.25, -0.2) is 0 Å². The third-order valence-corrected chi connectivity index (χ3v) is 4.37. The first-order valence-electron chi connectivity index (χ1n) is 6.72. The summed E-state index contributed by atoms with van der Waals surface area (Å²) in [5, 5.41) is 6.87. The van der Waals surface area contributed by atoms with Gasteiger partial charge in [0.05, 0.1) is 0 Å². The van der Waals surface area contributed by atoms with E-state index in [0.29, 0.717) is 17.5 Å². The molecule has 5 nitrogen and oxygen atoms in total. The van der Waals surface area contributed by atoms with Gasteiger partial charge in [-0.1, -0.05) is 6.42 Å². The molecule has 1 aliphatic carbocycles. The van der Waals surface area contributed by atoms with Crippen LogP contribution in [0.15, 0.2) is 6.07 Å². The van der Waals surface area contributed by atoms with Crippen molar-refractivity contribution in [2.75, 3.05) is 13.1 Å². The van der Waals surface area contributed by atoms with Gasteiger partial charge in [-0.3, -0.25) is 9.89 Å². The smallest absolute Gasteiger partial charge is 0.274 e. The minimum absolute atomic E-state index is 0. The van der Waals surface area contributed by atoms with E-state index >= 15 is 0 Å². The lowest BCUT2D eigenvalue weighted by Gasteiger charge is -2.29. The number of aromatic amines is 1. The van der Waals surface area contributed by atoms with Gasteiger partial charge in [-0.15, -0.1) is 12.4 Å². The number of nitrogens with zero attached hydrogens (tertiary/aromatic N) is 2. The van der Waals surface area contributed by atoms with Gasteiger partial charge in [0, 0.05) is 24.8 Å². The van der Waals surface area contributed by atoms with Crippen LogP contribution < -0.4 is 5.73 Å². The molecule has 2 aliphatic rings. The van der Waals surface area contributed by atoms with Gasteiger partial charge in [0.2, 0.25) is 0 Å². The van der Waals surface area contributed by atoms with Crippen LogP contribution in [0.2, 0.25) is 0 Å². The van der Waals surface area contributed by atoms with Crippen molar-refractivity contribution < 1.29 is 4.79 Å². The first-order valence-corrected chi connectivity index (χ1v) is 6.72. The fraction of sp³-hybridized carbons (Fsp3) is 0.692. The lowest BCUT2D eigenvalue weighted by molar-refractivity contribution is 0.0777. The highest BCUT2D eigenvalue weighted by molar-refractivity contribution is 5.92. The number of carbonyl (C=O) groups excluding carboxylic acids is 1. The highest BCUT2D eigenvalue weighted by atomic mass is 35.5. The number of halogens is 1. The molecule has 2 fully saturated rings. The first-order chi connectivity index (χ1) is 8.65. The molecule has 1 aromatic rings. The average molecular weight is 285 g/mol. The van der Waals surface area contributed by atoms with E-state index in [1.807, 2.05) is 17.9 Å². The summed E-state index contributed by atoms with van der Waals surface area (Å²) < 4.78 is 0. The fourth-order valence-electron chi connectivity index (χ4n) is 3.37. The summed E-state index contributed by atoms with van der Waals surface area (Å²) in [6.45, 7) is 3.56. The van der Waals surface area contributed by atoms with Gasteiger partial charge in [0.15, 0.2) is 0 Å². The third kappa shape index (κ3) is 2.62. The zero-order chi connectivity index (χ0) is 12.7. The lowest BCUT2D eigenvalue weighted by atomic mass is 9.78. The molecule has 3 atom stereocenters. The van der Waals surface area contributed by atoms with Crippen LogP contribution in [0.1, 0.15) is 35.4 Å². The number of rotatable bonds is 1. The number of hydrogen-bond acceptors (Lipinski definition) is 3. The second-order valence-corrected chi connectivity index (χ2v) is 5.67. The van der Waals surface area contributed by atoms with Crippen molar-refractivity contribution in [1.29, 1.82) is 0 Å². The Kier molecular flexibility index (Phi) is 4.16. The van der Waals surface area contributed by atoms with E-state index in [0.717, 1.165) is 25.2 Å². The minimum Gasteiger partial charge on any atom is -0.337 e. The van der Waals surface area contributed by atoms with E-state index in [4.69, 9.17) is 5.73 Å². The second kappa shape index (κ2) is 5.51. The molecular formula is C13H21ClN4O. The van der Waals surface area contributed by atoms with E-state index in [1.165, 1.54) is 12.8 Å². The maximum Gasteiger partial charge on any atom is 0.274 e. The van der Waals surface area contributed by atoms with E-state index in [1.54, 1.807) is 0 Å². The number of amides is 1. The molecule has 0 aromatic carbocycles. The Hall–Kier alpha value is -1.07. The Bertz CT molecular complexity index is 461. The molecule has 1 amide bonds. The average Bonchev–Trinajstić information content (AvgIpc) is 2.95. The maximum atomic E-state index is 12.3. The standard InChI is InChI=1S/C13H20N4O.ClH/c1-8-5-12(16-15-8)13(18)17-6-9-3-2-4-11(14)10(9)7-17;/h5,9-11H,2-4,6-7,14H2,1H3,(H,15,16);1H. The van der Waals surface area contributed by atoms with Crippen LogP contribution in [0.4, 0.5) is 0 Å². The molecule has 1 saturated heterocycles. The van der Waals surface area contributed by atoms with Crippen LogP contribution in [0.5, 0.6) is 0 Å². The van der Waals surface area contributed by atoms with E-state index in [2.05, 4.69) is 10.2 Å². The number of nitrogens with two attached hydrogens (primary N) is 1. The number of aromatic nitrogens is 2. The molecule has 0 bridgehead atoms. The molecule has 3 rings (SSSR count).